The van der Waals surface area contributed by atoms with Crippen molar-refractivity contribution in [2.45, 2.75) is 31.7 Å². The van der Waals surface area contributed by atoms with Crippen molar-refractivity contribution in [2.24, 2.45) is 0 Å². The van der Waals surface area contributed by atoms with E-state index in [1.165, 1.54) is 25.3 Å². The highest BCUT2D eigenvalue weighted by Gasteiger charge is 2.12. The molecule has 1 fully saturated rings. The lowest BCUT2D eigenvalue weighted by molar-refractivity contribution is 0.259. The van der Waals surface area contributed by atoms with Gasteiger partial charge in [-0.25, -0.2) is 4.39 Å². The van der Waals surface area contributed by atoms with E-state index in [4.69, 9.17) is 4.74 Å². The average molecular weight is 302 g/mol. The van der Waals surface area contributed by atoms with Crippen LogP contribution in [0.25, 0.3) is 0 Å². The van der Waals surface area contributed by atoms with E-state index in [1.54, 1.807) is 12.1 Å². The molecule has 1 aliphatic rings. The van der Waals surface area contributed by atoms with E-state index in [-0.39, 0.29) is 5.82 Å². The maximum Gasteiger partial charge on any atom is 0.166 e. The number of halogens is 2. The van der Waals surface area contributed by atoms with E-state index in [1.807, 2.05) is 0 Å². The lowest BCUT2D eigenvalue weighted by Crippen LogP contribution is -2.35. The van der Waals surface area contributed by atoms with Crippen LogP contribution in [0.5, 0.6) is 5.75 Å². The van der Waals surface area contributed by atoms with Gasteiger partial charge in [0.15, 0.2) is 11.6 Å². The van der Waals surface area contributed by atoms with Gasteiger partial charge in [0.25, 0.3) is 0 Å². The predicted octanol–water partition coefficient (Wildman–Crippen LogP) is 3.50. The molecular formula is C13H17BrFNO. The first-order valence-electron chi connectivity index (χ1n) is 6.07. The summed E-state index contributed by atoms with van der Waals surface area (Å²) in [6, 6.07) is 5.40. The Kier molecular flexibility index (Phi) is 4.80. The van der Waals surface area contributed by atoms with Gasteiger partial charge in [-0.2, -0.15) is 0 Å². The molecule has 1 saturated heterocycles. The SMILES string of the molecule is Fc1cc(Br)ccc1OCCC1CCCCN1. The highest BCUT2D eigenvalue weighted by molar-refractivity contribution is 9.10. The minimum Gasteiger partial charge on any atom is -0.490 e. The molecule has 17 heavy (non-hydrogen) atoms. The number of ether oxygens (including phenoxy) is 1. The molecule has 2 rings (SSSR count). The highest BCUT2D eigenvalue weighted by Crippen LogP contribution is 2.21. The zero-order valence-electron chi connectivity index (χ0n) is 9.72. The number of nitrogens with one attached hydrogen (secondary N) is 1. The average Bonchev–Trinajstić information content (AvgIpc) is 2.33. The van der Waals surface area contributed by atoms with Gasteiger partial charge in [-0.1, -0.05) is 22.4 Å². The molecule has 0 aromatic heterocycles. The third-order valence-electron chi connectivity index (χ3n) is 3.03. The van der Waals surface area contributed by atoms with Crippen molar-refractivity contribution in [3.63, 3.8) is 0 Å². The second kappa shape index (κ2) is 6.36. The second-order valence-electron chi connectivity index (χ2n) is 4.36. The van der Waals surface area contributed by atoms with Crippen molar-refractivity contribution in [3.05, 3.63) is 28.5 Å². The fraction of sp³-hybridized carbons (Fsp3) is 0.538. The molecule has 0 saturated carbocycles. The summed E-state index contributed by atoms with van der Waals surface area (Å²) in [5.74, 6) is 0.0278. The molecule has 1 heterocycles. The van der Waals surface area contributed by atoms with Crippen LogP contribution in [0.4, 0.5) is 4.39 Å². The molecule has 0 spiro atoms. The quantitative estimate of drug-likeness (QED) is 0.919. The molecule has 1 aliphatic heterocycles. The molecule has 4 heteroatoms. The van der Waals surface area contributed by atoms with Crippen LogP contribution in [0, 0.1) is 5.82 Å². The summed E-state index contributed by atoms with van der Waals surface area (Å²) in [4.78, 5) is 0. The largest absolute Gasteiger partial charge is 0.490 e. The number of rotatable bonds is 4. The van der Waals surface area contributed by atoms with Gasteiger partial charge in [0.1, 0.15) is 0 Å². The zero-order valence-corrected chi connectivity index (χ0v) is 11.3. The van der Waals surface area contributed by atoms with Crippen LogP contribution < -0.4 is 10.1 Å². The fourth-order valence-corrected chi connectivity index (χ4v) is 2.41. The Labute approximate surface area is 110 Å². The van der Waals surface area contributed by atoms with Crippen LogP contribution >= 0.6 is 15.9 Å². The van der Waals surface area contributed by atoms with Crippen molar-refractivity contribution >= 4 is 15.9 Å². The third kappa shape index (κ3) is 3.96. The monoisotopic (exact) mass is 301 g/mol. The Morgan fingerprint density at radius 2 is 2.29 bits per heavy atom. The molecule has 2 nitrogen and oxygen atoms in total. The minimum absolute atomic E-state index is 0.309. The molecule has 1 unspecified atom stereocenters. The molecule has 1 atom stereocenters. The normalized spacial score (nSPS) is 20.2. The molecule has 0 bridgehead atoms. The van der Waals surface area contributed by atoms with Gasteiger partial charge in [0.2, 0.25) is 0 Å². The van der Waals surface area contributed by atoms with Crippen LogP contribution in [-0.4, -0.2) is 19.2 Å². The smallest absolute Gasteiger partial charge is 0.166 e. The van der Waals surface area contributed by atoms with Crippen molar-refractivity contribution in [1.29, 1.82) is 0 Å². The summed E-state index contributed by atoms with van der Waals surface area (Å²) in [7, 11) is 0. The summed E-state index contributed by atoms with van der Waals surface area (Å²) in [6.07, 6.45) is 4.69. The molecule has 1 N–H and O–H groups in total. The topological polar surface area (TPSA) is 21.3 Å². The van der Waals surface area contributed by atoms with Gasteiger partial charge in [0.05, 0.1) is 6.61 Å². The summed E-state index contributed by atoms with van der Waals surface area (Å²) < 4.78 is 19.6. The Morgan fingerprint density at radius 3 is 3.00 bits per heavy atom. The lowest BCUT2D eigenvalue weighted by atomic mass is 10.0. The lowest BCUT2D eigenvalue weighted by Gasteiger charge is -2.23. The Hall–Kier alpha value is -0.610. The number of piperidine rings is 1. The molecule has 0 aliphatic carbocycles. The van der Waals surface area contributed by atoms with Crippen LogP contribution in [-0.2, 0) is 0 Å². The first kappa shape index (κ1) is 12.8. The van der Waals surface area contributed by atoms with Crippen LogP contribution in [0.1, 0.15) is 25.7 Å². The molecule has 0 amide bonds. The van der Waals surface area contributed by atoms with Gasteiger partial charge < -0.3 is 10.1 Å². The highest BCUT2D eigenvalue weighted by atomic mass is 79.9. The molecular weight excluding hydrogens is 285 g/mol. The van der Waals surface area contributed by atoms with E-state index in [9.17, 15) is 4.39 Å². The molecule has 94 valence electrons. The van der Waals surface area contributed by atoms with E-state index >= 15 is 0 Å². The summed E-state index contributed by atoms with van der Waals surface area (Å²) in [5, 5.41) is 3.45. The van der Waals surface area contributed by atoms with Crippen LogP contribution in [0.3, 0.4) is 0 Å². The second-order valence-corrected chi connectivity index (χ2v) is 5.27. The molecule has 1 aromatic rings. The van der Waals surface area contributed by atoms with E-state index < -0.39 is 0 Å². The van der Waals surface area contributed by atoms with Crippen LogP contribution in [0.2, 0.25) is 0 Å². The summed E-state index contributed by atoms with van der Waals surface area (Å²) in [5.41, 5.74) is 0. The van der Waals surface area contributed by atoms with E-state index in [0.717, 1.165) is 17.4 Å². The van der Waals surface area contributed by atoms with Crippen molar-refractivity contribution in [1.82, 2.24) is 5.32 Å². The Bertz CT molecular complexity index is 366. The van der Waals surface area contributed by atoms with Gasteiger partial charge in [-0.3, -0.25) is 0 Å². The number of hydrogen-bond donors (Lipinski definition) is 1. The molecule has 0 radical (unpaired) electrons. The van der Waals surface area contributed by atoms with E-state index in [2.05, 4.69) is 21.2 Å². The third-order valence-corrected chi connectivity index (χ3v) is 3.52. The van der Waals surface area contributed by atoms with Crippen LogP contribution in [0.15, 0.2) is 22.7 Å². The standard InChI is InChI=1S/C13H17BrFNO/c14-10-4-5-13(12(15)9-10)17-8-6-11-3-1-2-7-16-11/h4-5,9,11,16H,1-3,6-8H2. The fourth-order valence-electron chi connectivity index (χ4n) is 2.07. The van der Waals surface area contributed by atoms with Gasteiger partial charge in [0, 0.05) is 10.5 Å². The number of benzene rings is 1. The van der Waals surface area contributed by atoms with Crippen molar-refractivity contribution in [3.8, 4) is 5.75 Å². The first-order valence-corrected chi connectivity index (χ1v) is 6.86. The van der Waals surface area contributed by atoms with Gasteiger partial charge in [-0.15, -0.1) is 0 Å². The summed E-state index contributed by atoms with van der Waals surface area (Å²) in [6.45, 7) is 1.66. The van der Waals surface area contributed by atoms with E-state index in [0.29, 0.717) is 18.4 Å². The van der Waals surface area contributed by atoms with Crippen molar-refractivity contribution in [2.75, 3.05) is 13.2 Å². The number of hydrogen-bond acceptors (Lipinski definition) is 2. The van der Waals surface area contributed by atoms with Gasteiger partial charge >= 0.3 is 0 Å². The zero-order chi connectivity index (χ0) is 12.1. The van der Waals surface area contributed by atoms with Crippen molar-refractivity contribution < 1.29 is 9.13 Å². The Morgan fingerprint density at radius 1 is 1.41 bits per heavy atom. The molecule has 1 aromatic carbocycles. The maximum absolute atomic E-state index is 13.4. The van der Waals surface area contributed by atoms with Gasteiger partial charge in [-0.05, 0) is 44.0 Å². The maximum atomic E-state index is 13.4. The minimum atomic E-state index is -0.309. The predicted molar refractivity (Wildman–Crippen MR) is 69.9 cm³/mol. The summed E-state index contributed by atoms with van der Waals surface area (Å²) >= 11 is 3.22. The first-order chi connectivity index (χ1) is 8.25. The Balaban J connectivity index is 1.77.